The van der Waals surface area contributed by atoms with Crippen LogP contribution in [0.5, 0.6) is 0 Å². The molecule has 2 aliphatic heterocycles. The van der Waals surface area contributed by atoms with Crippen molar-refractivity contribution in [3.63, 3.8) is 0 Å². The van der Waals surface area contributed by atoms with Gasteiger partial charge in [0, 0.05) is 56.5 Å². The number of imide groups is 1. The Morgan fingerprint density at radius 2 is 1.81 bits per heavy atom. The fraction of sp³-hybridized carbons (Fsp3) is 0.500. The second-order valence-electron chi connectivity index (χ2n) is 7.51. The molecule has 10 nitrogen and oxygen atoms in total. The first kappa shape index (κ1) is 22.7. The Bertz CT molecular complexity index is 913. The molecule has 1 N–H and O–H groups in total. The van der Waals surface area contributed by atoms with Crippen molar-refractivity contribution in [1.29, 1.82) is 0 Å². The topological polar surface area (TPSA) is 130 Å². The van der Waals surface area contributed by atoms with E-state index in [0.717, 1.165) is 11.0 Å². The predicted octanol–water partition coefficient (Wildman–Crippen LogP) is 1.71. The van der Waals surface area contributed by atoms with E-state index in [4.69, 9.17) is 11.6 Å². The maximum atomic E-state index is 12.5. The van der Waals surface area contributed by atoms with Crippen LogP contribution in [0.25, 0.3) is 0 Å². The summed E-state index contributed by atoms with van der Waals surface area (Å²) in [4.78, 5) is 62.0. The summed E-state index contributed by atoms with van der Waals surface area (Å²) in [6, 6.07) is 3.62. The minimum atomic E-state index is -0.619. The average Bonchev–Trinajstić information content (AvgIpc) is 2.98. The number of nitro groups is 1. The van der Waals surface area contributed by atoms with Crippen molar-refractivity contribution >= 4 is 40.9 Å². The third-order valence-corrected chi connectivity index (χ3v) is 5.66. The molecule has 1 aromatic carbocycles. The zero-order valence-electron chi connectivity index (χ0n) is 16.8. The number of amides is 4. The summed E-state index contributed by atoms with van der Waals surface area (Å²) in [6.45, 7) is 1.12. The number of hydrogen-bond donors (Lipinski definition) is 1. The Hall–Kier alpha value is -3.01. The number of hydrogen-bond acceptors (Lipinski definition) is 6. The molecule has 0 saturated carbocycles. The van der Waals surface area contributed by atoms with E-state index in [0.29, 0.717) is 32.4 Å². The van der Waals surface area contributed by atoms with Crippen LogP contribution in [0.15, 0.2) is 18.2 Å². The van der Waals surface area contributed by atoms with Crippen LogP contribution >= 0.6 is 11.6 Å². The largest absolute Gasteiger partial charge is 0.353 e. The van der Waals surface area contributed by atoms with E-state index in [1.807, 2.05) is 0 Å². The van der Waals surface area contributed by atoms with Crippen molar-refractivity contribution in [2.24, 2.45) is 0 Å². The van der Waals surface area contributed by atoms with Crippen LogP contribution in [0.4, 0.5) is 5.69 Å². The van der Waals surface area contributed by atoms with Crippen molar-refractivity contribution in [3.8, 4) is 0 Å². The molecule has 0 unspecified atom stereocenters. The number of nitrogens with zero attached hydrogens (tertiary/aromatic N) is 3. The molecule has 1 aromatic rings. The Balaban J connectivity index is 1.46. The standard InChI is InChI=1S/C20H23ClN4O6/c21-8-5-17(26)22-13-6-10-23(11-7-13)18(27)2-1-9-24-19(28)15-4-3-14(25(30)31)12-16(15)20(24)29/h3-4,12-13H,1-2,5-11H2,(H,22,26). The Morgan fingerprint density at radius 3 is 2.45 bits per heavy atom. The fourth-order valence-corrected chi connectivity index (χ4v) is 3.97. The van der Waals surface area contributed by atoms with Gasteiger partial charge in [0.2, 0.25) is 11.8 Å². The monoisotopic (exact) mass is 450 g/mol. The number of rotatable bonds is 8. The second kappa shape index (κ2) is 9.86. The minimum absolute atomic E-state index is 0.0174. The molecule has 1 fully saturated rings. The Labute approximate surface area is 183 Å². The van der Waals surface area contributed by atoms with Crippen molar-refractivity contribution in [2.45, 2.75) is 38.1 Å². The molecule has 1 saturated heterocycles. The molecule has 0 aliphatic carbocycles. The molecule has 166 valence electrons. The lowest BCUT2D eigenvalue weighted by molar-refractivity contribution is -0.384. The minimum Gasteiger partial charge on any atom is -0.353 e. The first-order chi connectivity index (χ1) is 14.8. The van der Waals surface area contributed by atoms with Gasteiger partial charge in [-0.25, -0.2) is 0 Å². The number of halogens is 1. The summed E-state index contributed by atoms with van der Waals surface area (Å²) in [7, 11) is 0. The lowest BCUT2D eigenvalue weighted by Crippen LogP contribution is -2.46. The van der Waals surface area contributed by atoms with Gasteiger partial charge < -0.3 is 10.2 Å². The highest BCUT2D eigenvalue weighted by molar-refractivity contribution is 6.21. The molecule has 0 bridgehead atoms. The van der Waals surface area contributed by atoms with E-state index in [1.165, 1.54) is 12.1 Å². The summed E-state index contributed by atoms with van der Waals surface area (Å²) in [6.07, 6.45) is 2.08. The number of non-ortho nitro benzene ring substituents is 1. The van der Waals surface area contributed by atoms with Crippen LogP contribution in [0, 0.1) is 10.1 Å². The quantitative estimate of drug-likeness (QED) is 0.277. The molecule has 3 rings (SSSR count). The summed E-state index contributed by atoms with van der Waals surface area (Å²) >= 11 is 5.55. The van der Waals surface area contributed by atoms with E-state index >= 15 is 0 Å². The van der Waals surface area contributed by atoms with Crippen LogP contribution in [-0.4, -0.2) is 69.9 Å². The molecule has 2 aliphatic rings. The average molecular weight is 451 g/mol. The molecule has 0 aromatic heterocycles. The number of nitrogens with one attached hydrogen (secondary N) is 1. The molecular weight excluding hydrogens is 428 g/mol. The number of fused-ring (bicyclic) bond motifs is 1. The Kier molecular flexibility index (Phi) is 7.21. The van der Waals surface area contributed by atoms with Gasteiger partial charge in [0.05, 0.1) is 16.1 Å². The smallest absolute Gasteiger partial charge is 0.270 e. The molecular formula is C20H23ClN4O6. The van der Waals surface area contributed by atoms with E-state index in [9.17, 15) is 29.3 Å². The van der Waals surface area contributed by atoms with E-state index in [-0.39, 0.29) is 59.9 Å². The van der Waals surface area contributed by atoms with Crippen LogP contribution < -0.4 is 5.32 Å². The molecule has 2 heterocycles. The molecule has 0 radical (unpaired) electrons. The van der Waals surface area contributed by atoms with Gasteiger partial charge in [0.25, 0.3) is 17.5 Å². The van der Waals surface area contributed by atoms with E-state index in [1.54, 1.807) is 4.90 Å². The third kappa shape index (κ3) is 5.19. The number of carbonyl (C=O) groups is 4. The van der Waals surface area contributed by atoms with Crippen LogP contribution in [0.2, 0.25) is 0 Å². The first-order valence-corrected chi connectivity index (χ1v) is 10.6. The fourth-order valence-electron chi connectivity index (χ4n) is 3.80. The summed E-state index contributed by atoms with van der Waals surface area (Å²) < 4.78 is 0. The predicted molar refractivity (Wildman–Crippen MR) is 111 cm³/mol. The molecule has 4 amide bonds. The van der Waals surface area contributed by atoms with Crippen LogP contribution in [0.3, 0.4) is 0 Å². The van der Waals surface area contributed by atoms with Crippen molar-refractivity contribution < 1.29 is 24.1 Å². The summed E-state index contributed by atoms with van der Waals surface area (Å²) in [5.41, 5.74) is -0.0943. The zero-order valence-corrected chi connectivity index (χ0v) is 17.6. The lowest BCUT2D eigenvalue weighted by Gasteiger charge is -2.32. The summed E-state index contributed by atoms with van der Waals surface area (Å²) in [5.74, 6) is -0.975. The number of benzene rings is 1. The number of likely N-dealkylation sites (tertiary alicyclic amines) is 1. The second-order valence-corrected chi connectivity index (χ2v) is 7.89. The maximum absolute atomic E-state index is 12.5. The lowest BCUT2D eigenvalue weighted by atomic mass is 10.0. The molecule has 31 heavy (non-hydrogen) atoms. The number of nitro benzene ring substituents is 1. The van der Waals surface area contributed by atoms with E-state index in [2.05, 4.69) is 5.32 Å². The number of piperidine rings is 1. The van der Waals surface area contributed by atoms with Gasteiger partial charge in [-0.3, -0.25) is 34.2 Å². The number of alkyl halides is 1. The van der Waals surface area contributed by atoms with Gasteiger partial charge in [-0.05, 0) is 25.3 Å². The number of carbonyl (C=O) groups excluding carboxylic acids is 4. The highest BCUT2D eigenvalue weighted by atomic mass is 35.5. The summed E-state index contributed by atoms with van der Waals surface area (Å²) in [5, 5.41) is 13.8. The van der Waals surface area contributed by atoms with Crippen LogP contribution in [0.1, 0.15) is 52.8 Å². The van der Waals surface area contributed by atoms with Gasteiger partial charge >= 0.3 is 0 Å². The normalized spacial score (nSPS) is 16.4. The van der Waals surface area contributed by atoms with Crippen LogP contribution in [-0.2, 0) is 9.59 Å². The van der Waals surface area contributed by atoms with E-state index < -0.39 is 16.7 Å². The van der Waals surface area contributed by atoms with Gasteiger partial charge in [0.15, 0.2) is 0 Å². The SMILES string of the molecule is O=C(CCCl)NC1CCN(C(=O)CCCN2C(=O)c3ccc([N+](=O)[O-])cc3C2=O)CC1. The molecule has 0 atom stereocenters. The first-order valence-electron chi connectivity index (χ1n) is 10.1. The van der Waals surface area contributed by atoms with Crippen molar-refractivity contribution in [2.75, 3.05) is 25.5 Å². The maximum Gasteiger partial charge on any atom is 0.270 e. The third-order valence-electron chi connectivity index (χ3n) is 5.47. The van der Waals surface area contributed by atoms with Gasteiger partial charge in [0.1, 0.15) is 0 Å². The molecule has 0 spiro atoms. The van der Waals surface area contributed by atoms with Crippen molar-refractivity contribution in [1.82, 2.24) is 15.1 Å². The molecule has 11 heteroatoms. The Morgan fingerprint density at radius 1 is 1.13 bits per heavy atom. The zero-order chi connectivity index (χ0) is 22.5. The van der Waals surface area contributed by atoms with Gasteiger partial charge in [-0.1, -0.05) is 0 Å². The van der Waals surface area contributed by atoms with Gasteiger partial charge in [-0.2, -0.15) is 0 Å². The van der Waals surface area contributed by atoms with Gasteiger partial charge in [-0.15, -0.1) is 11.6 Å². The highest BCUT2D eigenvalue weighted by Gasteiger charge is 2.36. The highest BCUT2D eigenvalue weighted by Crippen LogP contribution is 2.27. The van der Waals surface area contributed by atoms with Crippen molar-refractivity contribution in [3.05, 3.63) is 39.4 Å².